The largest absolute Gasteiger partial charge is 0.358 e. The van der Waals surface area contributed by atoms with Crippen LogP contribution in [0.4, 0.5) is 0 Å². The first-order valence-electron chi connectivity index (χ1n) is 10.1. The van der Waals surface area contributed by atoms with Gasteiger partial charge in [0.05, 0.1) is 6.42 Å². The zero-order valence-electron chi connectivity index (χ0n) is 16.9. The van der Waals surface area contributed by atoms with Gasteiger partial charge in [0.2, 0.25) is 11.8 Å². The van der Waals surface area contributed by atoms with Crippen LogP contribution < -0.4 is 16.2 Å². The summed E-state index contributed by atoms with van der Waals surface area (Å²) in [5, 5.41) is 3.65. The van der Waals surface area contributed by atoms with Crippen molar-refractivity contribution in [3.05, 3.63) is 35.4 Å². The fourth-order valence-corrected chi connectivity index (χ4v) is 4.22. The molecule has 1 saturated carbocycles. The summed E-state index contributed by atoms with van der Waals surface area (Å²) < 4.78 is 0. The third-order valence-electron chi connectivity index (χ3n) is 6.04. The third-order valence-corrected chi connectivity index (χ3v) is 6.26. The fraction of sp³-hybridized carbons (Fsp3) is 0.524. The van der Waals surface area contributed by atoms with E-state index in [9.17, 15) is 14.4 Å². The lowest BCUT2D eigenvalue weighted by Gasteiger charge is -2.35. The molecule has 1 aromatic carbocycles. The monoisotopic (exact) mass is 416 g/mol. The summed E-state index contributed by atoms with van der Waals surface area (Å²) in [5.41, 5.74) is 6.52. The summed E-state index contributed by atoms with van der Waals surface area (Å²) in [4.78, 5) is 38.1. The highest BCUT2D eigenvalue weighted by molar-refractivity contribution is 7.80. The Labute approximate surface area is 176 Å². The molecular formula is C21H28N4O3S. The molecule has 3 amide bonds. The highest BCUT2D eigenvalue weighted by atomic mass is 32.1. The van der Waals surface area contributed by atoms with Gasteiger partial charge in [-0.2, -0.15) is 0 Å². The molecule has 1 heterocycles. The van der Waals surface area contributed by atoms with E-state index in [4.69, 9.17) is 12.2 Å². The Hall–Kier alpha value is -2.48. The van der Waals surface area contributed by atoms with Crippen molar-refractivity contribution in [3.8, 4) is 0 Å². The van der Waals surface area contributed by atoms with Crippen molar-refractivity contribution in [2.75, 3.05) is 6.54 Å². The van der Waals surface area contributed by atoms with Crippen LogP contribution in [0.5, 0.6) is 0 Å². The minimum atomic E-state index is -0.352. The molecular weight excluding hydrogens is 388 g/mol. The maximum atomic E-state index is 12.5. The molecule has 1 fully saturated rings. The third kappa shape index (κ3) is 5.12. The Kier molecular flexibility index (Phi) is 6.84. The Balaban J connectivity index is 1.44. The molecule has 0 bridgehead atoms. The quantitative estimate of drug-likeness (QED) is 0.395. The van der Waals surface area contributed by atoms with Crippen molar-refractivity contribution >= 4 is 35.1 Å². The number of thiocarbonyl (C=S) groups is 1. The van der Waals surface area contributed by atoms with Crippen molar-refractivity contribution in [3.63, 3.8) is 0 Å². The van der Waals surface area contributed by atoms with E-state index in [0.717, 1.165) is 16.9 Å². The van der Waals surface area contributed by atoms with Crippen LogP contribution in [0.25, 0.3) is 0 Å². The van der Waals surface area contributed by atoms with E-state index in [-0.39, 0.29) is 37.1 Å². The van der Waals surface area contributed by atoms with Crippen molar-refractivity contribution in [2.24, 2.45) is 11.8 Å². The van der Waals surface area contributed by atoms with E-state index in [0.29, 0.717) is 28.6 Å². The van der Waals surface area contributed by atoms with Crippen LogP contribution in [0.2, 0.25) is 0 Å². The summed E-state index contributed by atoms with van der Waals surface area (Å²) in [5.74, 6) is 0.183. The number of fused-ring (bicyclic) bond motifs is 1. The molecule has 156 valence electrons. The van der Waals surface area contributed by atoms with Gasteiger partial charge in [-0.15, -0.1) is 0 Å². The minimum Gasteiger partial charge on any atom is -0.358 e. The van der Waals surface area contributed by atoms with Gasteiger partial charge in [-0.05, 0) is 42.1 Å². The molecule has 0 radical (unpaired) electrons. The Bertz CT molecular complexity index is 813. The van der Waals surface area contributed by atoms with Crippen LogP contribution in [0.1, 0.15) is 55.5 Å². The van der Waals surface area contributed by atoms with Gasteiger partial charge < -0.3 is 5.32 Å². The number of imide groups is 1. The molecule has 1 aliphatic heterocycles. The summed E-state index contributed by atoms with van der Waals surface area (Å²) in [7, 11) is 0. The van der Waals surface area contributed by atoms with Gasteiger partial charge >= 0.3 is 0 Å². The Morgan fingerprint density at radius 1 is 1.17 bits per heavy atom. The van der Waals surface area contributed by atoms with E-state index in [1.807, 2.05) is 0 Å². The predicted molar refractivity (Wildman–Crippen MR) is 114 cm³/mol. The van der Waals surface area contributed by atoms with Gasteiger partial charge in [0.25, 0.3) is 5.91 Å². The van der Waals surface area contributed by atoms with E-state index in [1.54, 1.807) is 24.3 Å². The predicted octanol–water partition coefficient (Wildman–Crippen LogP) is 1.92. The molecule has 8 heteroatoms. The molecule has 0 saturated heterocycles. The van der Waals surface area contributed by atoms with E-state index < -0.39 is 0 Å². The van der Waals surface area contributed by atoms with Gasteiger partial charge in [0, 0.05) is 24.6 Å². The lowest BCUT2D eigenvalue weighted by Crippen LogP contribution is -2.53. The van der Waals surface area contributed by atoms with Gasteiger partial charge in [-0.25, -0.2) is 0 Å². The Morgan fingerprint density at radius 3 is 2.72 bits per heavy atom. The number of rotatable bonds is 4. The molecule has 1 aliphatic carbocycles. The number of hydrazine groups is 1. The zero-order valence-corrected chi connectivity index (χ0v) is 17.7. The molecule has 1 aromatic rings. The first kappa shape index (κ1) is 21.2. The van der Waals surface area contributed by atoms with Crippen molar-refractivity contribution in [2.45, 2.75) is 52.0 Å². The number of hydrogen-bond acceptors (Lipinski definition) is 4. The molecule has 3 atom stereocenters. The molecule has 0 unspecified atom stereocenters. The van der Waals surface area contributed by atoms with Gasteiger partial charge in [0.15, 0.2) is 5.11 Å². The van der Waals surface area contributed by atoms with Crippen LogP contribution in [0.3, 0.4) is 0 Å². The molecule has 3 rings (SSSR count). The smallest absolute Gasteiger partial charge is 0.260 e. The molecule has 3 N–H and O–H groups in total. The average molecular weight is 417 g/mol. The summed E-state index contributed by atoms with van der Waals surface area (Å²) in [6.45, 7) is 4.50. The number of nitrogens with one attached hydrogen (secondary N) is 3. The summed E-state index contributed by atoms with van der Waals surface area (Å²) in [6.07, 6.45) is 3.63. The topological polar surface area (TPSA) is 90.5 Å². The second-order valence-corrected chi connectivity index (χ2v) is 8.36. The number of nitrogens with zero attached hydrogens (tertiary/aromatic N) is 1. The average Bonchev–Trinajstić information content (AvgIpc) is 2.69. The highest BCUT2D eigenvalue weighted by Crippen LogP contribution is 2.29. The summed E-state index contributed by atoms with van der Waals surface area (Å²) in [6, 6.07) is 7.35. The maximum Gasteiger partial charge on any atom is 0.260 e. The molecule has 0 aromatic heterocycles. The van der Waals surface area contributed by atoms with Gasteiger partial charge in [0.1, 0.15) is 0 Å². The number of carbonyl (C=O) groups excluding carboxylic acids is 3. The van der Waals surface area contributed by atoms with Crippen molar-refractivity contribution in [1.29, 1.82) is 0 Å². The van der Waals surface area contributed by atoms with Crippen LogP contribution >= 0.6 is 12.2 Å². The van der Waals surface area contributed by atoms with E-state index in [1.165, 1.54) is 12.8 Å². The second-order valence-electron chi connectivity index (χ2n) is 7.95. The Morgan fingerprint density at radius 2 is 1.93 bits per heavy atom. The molecule has 2 aliphatic rings. The normalized spacial score (nSPS) is 23.9. The zero-order chi connectivity index (χ0) is 21.0. The van der Waals surface area contributed by atoms with Crippen molar-refractivity contribution in [1.82, 2.24) is 21.1 Å². The van der Waals surface area contributed by atoms with Crippen molar-refractivity contribution < 1.29 is 14.4 Å². The van der Waals surface area contributed by atoms with Crippen LogP contribution in [-0.4, -0.2) is 40.3 Å². The fourth-order valence-electron chi connectivity index (χ4n) is 4.02. The minimum absolute atomic E-state index is 0.00608. The van der Waals surface area contributed by atoms with Gasteiger partial charge in [-0.3, -0.25) is 30.1 Å². The molecule has 0 spiro atoms. The van der Waals surface area contributed by atoms with Gasteiger partial charge in [-0.1, -0.05) is 44.9 Å². The van der Waals surface area contributed by atoms with Crippen LogP contribution in [0.15, 0.2) is 24.3 Å². The first-order chi connectivity index (χ1) is 13.9. The lowest BCUT2D eigenvalue weighted by atomic mass is 9.78. The second kappa shape index (κ2) is 9.35. The molecule has 29 heavy (non-hydrogen) atoms. The SMILES string of the molecule is C[C@@H]1[C@H](C)CCC[C@H]1NC(=S)NNC(=O)CCN1C(=O)Cc2ccccc2C1=O. The lowest BCUT2D eigenvalue weighted by molar-refractivity contribution is -0.129. The standard InChI is InChI=1S/C21H28N4O3S/c1-13-6-5-9-17(14(13)2)22-21(29)24-23-18(26)10-11-25-19(27)12-15-7-3-4-8-16(15)20(25)28/h3-4,7-8,13-14,17H,5-6,9-12H2,1-2H3,(H,23,26)(H2,22,24,29)/t13-,14-,17-/m1/s1. The van der Waals surface area contributed by atoms with Crippen LogP contribution in [-0.2, 0) is 16.0 Å². The number of hydrogen-bond donors (Lipinski definition) is 3. The van der Waals surface area contributed by atoms with E-state index in [2.05, 4.69) is 30.0 Å². The maximum absolute atomic E-state index is 12.5. The number of amides is 3. The first-order valence-corrected chi connectivity index (χ1v) is 10.6. The highest BCUT2D eigenvalue weighted by Gasteiger charge is 2.31. The number of benzene rings is 1. The van der Waals surface area contributed by atoms with E-state index >= 15 is 0 Å². The van der Waals surface area contributed by atoms with Crippen LogP contribution in [0, 0.1) is 11.8 Å². The number of carbonyl (C=O) groups is 3. The molecule has 7 nitrogen and oxygen atoms in total. The summed E-state index contributed by atoms with van der Waals surface area (Å²) >= 11 is 5.28.